The minimum atomic E-state index is -3.52. The molecular formula is C20H29ClN2O5S2. The number of thiophene rings is 1. The fraction of sp³-hybridized carbons (Fsp3) is 0.700. The summed E-state index contributed by atoms with van der Waals surface area (Å²) < 4.78 is 32.8. The number of nitrogens with zero attached hydrogens (tertiary/aromatic N) is 2. The molecule has 3 rings (SSSR count). The molecule has 168 valence electrons. The van der Waals surface area contributed by atoms with E-state index in [-0.39, 0.29) is 33.8 Å². The third kappa shape index (κ3) is 5.18. The average molecular weight is 477 g/mol. The lowest BCUT2D eigenvalue weighted by Gasteiger charge is -2.37. The molecule has 0 saturated carbocycles. The molecule has 10 heteroatoms. The molecule has 7 nitrogen and oxygen atoms in total. The first-order valence-corrected chi connectivity index (χ1v) is 13.1. The number of piperidine rings is 2. The molecule has 2 aliphatic rings. The van der Waals surface area contributed by atoms with Crippen LogP contribution in [0.15, 0.2) is 16.3 Å². The zero-order chi connectivity index (χ0) is 21.9. The van der Waals surface area contributed by atoms with E-state index in [1.807, 2.05) is 11.8 Å². The Hall–Kier alpha value is -1.16. The molecule has 1 atom stereocenters. The molecule has 0 aliphatic carbocycles. The van der Waals surface area contributed by atoms with E-state index in [9.17, 15) is 18.0 Å². The van der Waals surface area contributed by atoms with E-state index in [1.54, 1.807) is 19.1 Å². The first-order valence-electron chi connectivity index (χ1n) is 10.4. The van der Waals surface area contributed by atoms with Crippen molar-refractivity contribution in [2.24, 2.45) is 17.8 Å². The van der Waals surface area contributed by atoms with Crippen molar-refractivity contribution in [2.45, 2.75) is 43.7 Å². The minimum absolute atomic E-state index is 0.101. The fourth-order valence-electron chi connectivity index (χ4n) is 4.27. The van der Waals surface area contributed by atoms with Crippen LogP contribution >= 0.6 is 22.9 Å². The highest BCUT2D eigenvalue weighted by molar-refractivity contribution is 7.91. The van der Waals surface area contributed by atoms with Crippen LogP contribution in [-0.2, 0) is 24.3 Å². The number of hydrogen-bond donors (Lipinski definition) is 0. The van der Waals surface area contributed by atoms with Crippen LogP contribution < -0.4 is 0 Å². The fourth-order valence-corrected chi connectivity index (χ4v) is 7.37. The van der Waals surface area contributed by atoms with Gasteiger partial charge in [-0.1, -0.05) is 18.5 Å². The van der Waals surface area contributed by atoms with Crippen molar-refractivity contribution in [3.63, 3.8) is 0 Å². The molecular weight excluding hydrogens is 448 g/mol. The monoisotopic (exact) mass is 476 g/mol. The van der Waals surface area contributed by atoms with Crippen molar-refractivity contribution in [2.75, 3.05) is 32.8 Å². The molecule has 0 unspecified atom stereocenters. The van der Waals surface area contributed by atoms with Crippen LogP contribution in [0, 0.1) is 17.8 Å². The Kier molecular flexibility index (Phi) is 7.81. The van der Waals surface area contributed by atoms with E-state index < -0.39 is 10.0 Å². The SMILES string of the molecule is CCOC(=O)C1CCN(C(=O)[C@H](C)C2CCN(S(=O)(=O)c3ccc(Cl)s3)CC2)CC1. The minimum Gasteiger partial charge on any atom is -0.466 e. The van der Waals surface area contributed by atoms with Crippen molar-refractivity contribution in [3.8, 4) is 0 Å². The molecule has 0 bridgehead atoms. The van der Waals surface area contributed by atoms with E-state index in [4.69, 9.17) is 16.3 Å². The standard InChI is InChI=1S/C20H29ClN2O5S2/c1-3-28-20(25)16-6-10-22(11-7-16)19(24)14(2)15-8-12-23(13-9-15)30(26,27)18-5-4-17(21)29-18/h4-5,14-16H,3,6-13H2,1-2H3/t14-/m1/s1. The molecule has 2 fully saturated rings. The number of rotatable bonds is 6. The van der Waals surface area contributed by atoms with Gasteiger partial charge < -0.3 is 9.64 Å². The van der Waals surface area contributed by atoms with Crippen molar-refractivity contribution < 1.29 is 22.7 Å². The van der Waals surface area contributed by atoms with Gasteiger partial charge in [0.05, 0.1) is 16.9 Å². The van der Waals surface area contributed by atoms with Gasteiger partial charge in [0.2, 0.25) is 5.91 Å². The molecule has 0 spiro atoms. The number of hydrogen-bond acceptors (Lipinski definition) is 6. The van der Waals surface area contributed by atoms with E-state index in [1.165, 1.54) is 4.31 Å². The highest BCUT2D eigenvalue weighted by Crippen LogP contribution is 2.33. The van der Waals surface area contributed by atoms with Crippen LogP contribution in [0.4, 0.5) is 0 Å². The molecule has 0 N–H and O–H groups in total. The first-order chi connectivity index (χ1) is 14.2. The quantitative estimate of drug-likeness (QED) is 0.588. The zero-order valence-electron chi connectivity index (χ0n) is 17.4. The number of ether oxygens (including phenoxy) is 1. The maximum absolute atomic E-state index is 13.0. The maximum Gasteiger partial charge on any atom is 0.309 e. The Labute approximate surface area is 187 Å². The van der Waals surface area contributed by atoms with Crippen LogP contribution in [-0.4, -0.2) is 62.3 Å². The van der Waals surface area contributed by atoms with Gasteiger partial charge in [0.25, 0.3) is 10.0 Å². The second kappa shape index (κ2) is 9.97. The van der Waals surface area contributed by atoms with Crippen LogP contribution in [0.1, 0.15) is 39.5 Å². The number of halogens is 1. The number of likely N-dealkylation sites (tertiary alicyclic amines) is 1. The summed E-state index contributed by atoms with van der Waals surface area (Å²) in [4.78, 5) is 26.7. The summed E-state index contributed by atoms with van der Waals surface area (Å²) in [5.74, 6) is -0.200. The summed E-state index contributed by atoms with van der Waals surface area (Å²) in [5.41, 5.74) is 0. The van der Waals surface area contributed by atoms with Crippen molar-refractivity contribution in [1.82, 2.24) is 9.21 Å². The Morgan fingerprint density at radius 2 is 1.80 bits per heavy atom. The van der Waals surface area contributed by atoms with Crippen LogP contribution in [0.5, 0.6) is 0 Å². The Bertz CT molecular complexity index is 856. The normalized spacial score (nSPS) is 20.8. The molecule has 2 saturated heterocycles. The lowest BCUT2D eigenvalue weighted by Crippen LogP contribution is -2.46. The maximum atomic E-state index is 13.0. The van der Waals surface area contributed by atoms with Gasteiger partial charge in [-0.25, -0.2) is 8.42 Å². The zero-order valence-corrected chi connectivity index (χ0v) is 19.8. The highest BCUT2D eigenvalue weighted by atomic mass is 35.5. The second-order valence-electron chi connectivity index (χ2n) is 7.94. The summed E-state index contributed by atoms with van der Waals surface area (Å²) in [6.07, 6.45) is 2.59. The number of carbonyl (C=O) groups excluding carboxylic acids is 2. The molecule has 30 heavy (non-hydrogen) atoms. The topological polar surface area (TPSA) is 84.0 Å². The largest absolute Gasteiger partial charge is 0.466 e. The number of amides is 1. The predicted octanol–water partition coefficient (Wildman–Crippen LogP) is 3.24. The van der Waals surface area contributed by atoms with E-state index in [2.05, 4.69) is 0 Å². The van der Waals surface area contributed by atoms with Gasteiger partial charge in [-0.3, -0.25) is 9.59 Å². The molecule has 0 radical (unpaired) electrons. The predicted molar refractivity (Wildman–Crippen MR) is 116 cm³/mol. The van der Waals surface area contributed by atoms with E-state index >= 15 is 0 Å². The van der Waals surface area contributed by atoms with Crippen LogP contribution in [0.2, 0.25) is 4.34 Å². The summed E-state index contributed by atoms with van der Waals surface area (Å²) >= 11 is 6.95. The number of sulfonamides is 1. The van der Waals surface area contributed by atoms with E-state index in [0.717, 1.165) is 11.3 Å². The average Bonchev–Trinajstić information content (AvgIpc) is 3.20. The van der Waals surface area contributed by atoms with Gasteiger partial charge in [-0.15, -0.1) is 11.3 Å². The van der Waals surface area contributed by atoms with Crippen molar-refractivity contribution in [3.05, 3.63) is 16.5 Å². The summed E-state index contributed by atoms with van der Waals surface area (Å²) in [7, 11) is -3.52. The third-order valence-electron chi connectivity index (χ3n) is 6.16. The van der Waals surface area contributed by atoms with Crippen molar-refractivity contribution >= 4 is 44.8 Å². The van der Waals surface area contributed by atoms with Crippen LogP contribution in [0.25, 0.3) is 0 Å². The molecule has 1 amide bonds. The van der Waals surface area contributed by atoms with Gasteiger partial charge in [0, 0.05) is 32.1 Å². The number of carbonyl (C=O) groups is 2. The summed E-state index contributed by atoms with van der Waals surface area (Å²) in [5, 5.41) is 0. The van der Waals surface area contributed by atoms with Gasteiger partial charge in [-0.05, 0) is 50.7 Å². The van der Waals surface area contributed by atoms with Crippen LogP contribution in [0.3, 0.4) is 0 Å². The Morgan fingerprint density at radius 3 is 2.33 bits per heavy atom. The Balaban J connectivity index is 1.51. The molecule has 1 aromatic rings. The Morgan fingerprint density at radius 1 is 1.17 bits per heavy atom. The van der Waals surface area contributed by atoms with E-state index in [0.29, 0.717) is 62.8 Å². The lowest BCUT2D eigenvalue weighted by atomic mass is 9.84. The highest BCUT2D eigenvalue weighted by Gasteiger charge is 2.36. The van der Waals surface area contributed by atoms with Gasteiger partial charge in [0.15, 0.2) is 0 Å². The lowest BCUT2D eigenvalue weighted by molar-refractivity contribution is -0.152. The molecule has 0 aromatic carbocycles. The summed E-state index contributed by atoms with van der Waals surface area (Å²) in [6.45, 7) is 6.06. The molecule has 3 heterocycles. The summed E-state index contributed by atoms with van der Waals surface area (Å²) in [6, 6.07) is 3.14. The van der Waals surface area contributed by atoms with Gasteiger partial charge >= 0.3 is 5.97 Å². The smallest absolute Gasteiger partial charge is 0.309 e. The van der Waals surface area contributed by atoms with Gasteiger partial charge in [-0.2, -0.15) is 4.31 Å². The third-order valence-corrected chi connectivity index (χ3v) is 9.76. The second-order valence-corrected chi connectivity index (χ2v) is 11.8. The van der Waals surface area contributed by atoms with Crippen molar-refractivity contribution in [1.29, 1.82) is 0 Å². The molecule has 1 aromatic heterocycles. The first kappa shape index (κ1) is 23.5. The molecule has 2 aliphatic heterocycles. The number of esters is 1. The van der Waals surface area contributed by atoms with Gasteiger partial charge in [0.1, 0.15) is 4.21 Å².